The van der Waals surface area contributed by atoms with Crippen LogP contribution < -0.4 is 5.30 Å². The summed E-state index contributed by atoms with van der Waals surface area (Å²) in [7, 11) is -2.07. The van der Waals surface area contributed by atoms with Crippen LogP contribution in [-0.4, -0.2) is 27.5 Å². The van der Waals surface area contributed by atoms with Crippen molar-refractivity contribution in [3.8, 4) is 0 Å². The van der Waals surface area contributed by atoms with E-state index in [1.54, 1.807) is 0 Å². The van der Waals surface area contributed by atoms with E-state index in [4.69, 9.17) is 4.74 Å². The van der Waals surface area contributed by atoms with Gasteiger partial charge in [-0.1, -0.05) is 45.0 Å². The normalized spacial score (nSPS) is 16.4. The van der Waals surface area contributed by atoms with Gasteiger partial charge in [-0.2, -0.15) is 0 Å². The third-order valence-corrected chi connectivity index (χ3v) is 12.2. The molecule has 0 aliphatic carbocycles. The Labute approximate surface area is 217 Å². The number of aryl methyl sites for hydroxylation is 3. The molecule has 1 atom stereocenters. The number of halogens is 1. The average Bonchev–Trinajstić information content (AvgIpc) is 3.45. The van der Waals surface area contributed by atoms with Crippen molar-refractivity contribution >= 4 is 52.4 Å². The molecule has 35 heavy (non-hydrogen) atoms. The van der Waals surface area contributed by atoms with Gasteiger partial charge in [0.2, 0.25) is 0 Å². The largest absolute Gasteiger partial charge is 0.341 e. The fourth-order valence-corrected chi connectivity index (χ4v) is 10.2. The zero-order valence-corrected chi connectivity index (χ0v) is 23.7. The molecule has 3 aromatic carbocycles. The fraction of sp³-hybridized carbons (Fsp3) is 0.400. The van der Waals surface area contributed by atoms with Crippen LogP contribution in [0.5, 0.6) is 0 Å². The van der Waals surface area contributed by atoms with Gasteiger partial charge < -0.3 is 4.57 Å². The summed E-state index contributed by atoms with van der Waals surface area (Å²) in [6, 6.07) is 22.8. The lowest BCUT2D eigenvalue weighted by Gasteiger charge is -2.44. The van der Waals surface area contributed by atoms with Crippen molar-refractivity contribution in [3.05, 3.63) is 71.8 Å². The minimum atomic E-state index is -2.07. The third-order valence-electron chi connectivity index (χ3n) is 7.61. The van der Waals surface area contributed by atoms with Crippen molar-refractivity contribution in [2.45, 2.75) is 66.1 Å². The maximum atomic E-state index is 5.76. The summed E-state index contributed by atoms with van der Waals surface area (Å²) < 4.78 is 11.0. The van der Waals surface area contributed by atoms with Crippen LogP contribution in [0.25, 0.3) is 21.8 Å². The first-order valence-corrected chi connectivity index (χ1v) is 14.4. The quantitative estimate of drug-likeness (QED) is 0.253. The minimum absolute atomic E-state index is 0. The molecule has 3 nitrogen and oxygen atoms in total. The van der Waals surface area contributed by atoms with Crippen molar-refractivity contribution in [1.29, 1.82) is 0 Å². The molecule has 0 saturated carbocycles. The van der Waals surface area contributed by atoms with Gasteiger partial charge in [0.15, 0.2) is 0 Å². The van der Waals surface area contributed by atoms with Crippen molar-refractivity contribution in [1.82, 2.24) is 9.24 Å². The number of fused-ring (bicyclic) bond motifs is 3. The molecular formula is C30H39ClN3P. The molecule has 0 bridgehead atoms. The molecule has 186 valence electrons. The Balaban J connectivity index is 0.00000289. The van der Waals surface area contributed by atoms with Crippen molar-refractivity contribution in [2.75, 3.05) is 13.1 Å². The Kier molecular flexibility index (Phi) is 7.26. The zero-order chi connectivity index (χ0) is 24.1. The Morgan fingerprint density at radius 1 is 0.829 bits per heavy atom. The molecule has 1 aliphatic rings. The van der Waals surface area contributed by atoms with Crippen LogP contribution in [-0.2, 0) is 6.54 Å². The van der Waals surface area contributed by atoms with Crippen LogP contribution in [0.4, 0.5) is 5.69 Å². The maximum Gasteiger partial charge on any atom is 0.0720 e. The predicted molar refractivity (Wildman–Crippen MR) is 157 cm³/mol. The van der Waals surface area contributed by atoms with Gasteiger partial charge in [0.1, 0.15) is 0 Å². The highest BCUT2D eigenvalue weighted by atomic mass is 35.5. The molecule has 1 saturated heterocycles. The van der Waals surface area contributed by atoms with Gasteiger partial charge in [-0.15, -0.1) is 12.4 Å². The Hall–Kier alpha value is -2.06. The molecule has 1 fully saturated rings. The third kappa shape index (κ3) is 4.26. The number of aromatic nitrogens is 1. The summed E-state index contributed by atoms with van der Waals surface area (Å²) >= 11 is 0. The van der Waals surface area contributed by atoms with E-state index in [9.17, 15) is 0 Å². The zero-order valence-electron chi connectivity index (χ0n) is 22.0. The summed E-state index contributed by atoms with van der Waals surface area (Å²) in [5.41, 5.74) is 6.41. The number of rotatable bonds is 4. The van der Waals surface area contributed by atoms with E-state index < -0.39 is 7.21 Å². The highest BCUT2D eigenvalue weighted by molar-refractivity contribution is 7.73. The molecule has 0 radical (unpaired) electrons. The smallest absolute Gasteiger partial charge is 0.0720 e. The van der Waals surface area contributed by atoms with Gasteiger partial charge in [-0.25, -0.2) is 4.74 Å². The fourth-order valence-electron chi connectivity index (χ4n) is 5.77. The second kappa shape index (κ2) is 9.77. The van der Waals surface area contributed by atoms with Crippen molar-refractivity contribution in [2.24, 2.45) is 4.74 Å². The molecular weight excluding hydrogens is 469 g/mol. The van der Waals surface area contributed by atoms with Gasteiger partial charge in [-0.3, -0.25) is 4.67 Å². The monoisotopic (exact) mass is 507 g/mol. The van der Waals surface area contributed by atoms with Crippen molar-refractivity contribution < 1.29 is 0 Å². The summed E-state index contributed by atoms with van der Waals surface area (Å²) in [6.07, 6.45) is 2.52. The number of hydrogen-bond acceptors (Lipinski definition) is 1. The SMILES string of the molecule is CCn1c2ccccc2c2cc(P(=Nc3ccc(C)c(C)c3)(N3CCCC3)C(C)(C)C)ccc21.Cl. The summed E-state index contributed by atoms with van der Waals surface area (Å²) in [5, 5.41) is 4.14. The molecule has 0 spiro atoms. The van der Waals surface area contributed by atoms with E-state index in [1.807, 2.05) is 0 Å². The molecule has 1 aliphatic heterocycles. The van der Waals surface area contributed by atoms with Crippen LogP contribution in [0.15, 0.2) is 65.4 Å². The first-order valence-electron chi connectivity index (χ1n) is 12.7. The van der Waals surface area contributed by atoms with Gasteiger partial charge in [0.25, 0.3) is 0 Å². The maximum absolute atomic E-state index is 5.76. The Bertz CT molecular complexity index is 1420. The summed E-state index contributed by atoms with van der Waals surface area (Å²) in [5.74, 6) is 0. The van der Waals surface area contributed by atoms with Crippen LogP contribution >= 0.6 is 19.6 Å². The summed E-state index contributed by atoms with van der Waals surface area (Å²) in [4.78, 5) is 0. The van der Waals surface area contributed by atoms with Gasteiger partial charge in [-0.05, 0) is 81.1 Å². The Morgan fingerprint density at radius 2 is 1.51 bits per heavy atom. The molecule has 5 rings (SSSR count). The molecule has 0 amide bonds. The summed E-state index contributed by atoms with van der Waals surface area (Å²) in [6.45, 7) is 17.1. The second-order valence-corrected chi connectivity index (χ2v) is 14.6. The van der Waals surface area contributed by atoms with Crippen LogP contribution in [0.2, 0.25) is 0 Å². The lowest BCUT2D eigenvalue weighted by atomic mass is 10.1. The highest BCUT2D eigenvalue weighted by Crippen LogP contribution is 2.65. The van der Waals surface area contributed by atoms with Gasteiger partial charge in [0, 0.05) is 51.9 Å². The van der Waals surface area contributed by atoms with E-state index in [1.165, 1.54) is 51.1 Å². The van der Waals surface area contributed by atoms with E-state index >= 15 is 0 Å². The second-order valence-electron chi connectivity index (χ2n) is 10.8. The number of nitrogens with zero attached hydrogens (tertiary/aromatic N) is 3. The lowest BCUT2D eigenvalue weighted by molar-refractivity contribution is 0.538. The van der Waals surface area contributed by atoms with E-state index in [-0.39, 0.29) is 17.6 Å². The average molecular weight is 508 g/mol. The molecule has 2 heterocycles. The highest BCUT2D eigenvalue weighted by Gasteiger charge is 2.42. The molecule has 5 heteroatoms. The molecule has 0 N–H and O–H groups in total. The minimum Gasteiger partial charge on any atom is -0.341 e. The predicted octanol–water partition coefficient (Wildman–Crippen LogP) is 8.82. The number of benzene rings is 3. The topological polar surface area (TPSA) is 20.5 Å². The first-order chi connectivity index (χ1) is 16.3. The van der Waals surface area contributed by atoms with Crippen LogP contribution in [0.3, 0.4) is 0 Å². The van der Waals surface area contributed by atoms with Gasteiger partial charge in [0.05, 0.1) is 12.9 Å². The lowest BCUT2D eigenvalue weighted by Crippen LogP contribution is -2.35. The van der Waals surface area contributed by atoms with Gasteiger partial charge >= 0.3 is 0 Å². The Morgan fingerprint density at radius 3 is 2.17 bits per heavy atom. The molecule has 4 aromatic rings. The standard InChI is InChI=1S/C30H38N3P.ClH/c1-7-33-28-13-9-8-12-26(28)27-21-25(16-17-29(27)33)34(30(4,5)6,32-18-10-11-19-32)31-24-15-14-22(2)23(3)20-24;/h8-9,12-17,20-21H,7,10-11,18-19H2,1-6H3;1H. The first kappa shape index (κ1) is 26.0. The van der Waals surface area contributed by atoms with E-state index in [0.29, 0.717) is 0 Å². The van der Waals surface area contributed by atoms with Crippen LogP contribution in [0, 0.1) is 13.8 Å². The molecule has 1 aromatic heterocycles. The number of hydrogen-bond donors (Lipinski definition) is 0. The van der Waals surface area contributed by atoms with E-state index in [2.05, 4.69) is 111 Å². The van der Waals surface area contributed by atoms with Crippen molar-refractivity contribution in [3.63, 3.8) is 0 Å². The number of para-hydroxylation sites is 1. The van der Waals surface area contributed by atoms with Crippen LogP contribution in [0.1, 0.15) is 51.7 Å². The molecule has 1 unspecified atom stereocenters. The van der Waals surface area contributed by atoms with E-state index in [0.717, 1.165) is 25.3 Å².